The Balaban J connectivity index is 1.40. The molecule has 1 aliphatic carbocycles. The van der Waals surface area contributed by atoms with Crippen LogP contribution in [0.2, 0.25) is 0 Å². The molecule has 4 atom stereocenters. The molecule has 0 saturated carbocycles. The minimum Gasteiger partial charge on any atom is -0.504 e. The van der Waals surface area contributed by atoms with Crippen molar-refractivity contribution in [3.8, 4) is 11.5 Å². The van der Waals surface area contributed by atoms with Crippen molar-refractivity contribution in [3.05, 3.63) is 72.4 Å². The predicted octanol–water partition coefficient (Wildman–Crippen LogP) is 7.05. The minimum absolute atomic E-state index is 0.135. The summed E-state index contributed by atoms with van der Waals surface area (Å²) in [5.74, 6) is -1.05. The molecule has 2 fully saturated rings. The molecule has 3 aliphatic rings. The molecular weight excluding hydrogens is 663 g/mol. The molecule has 2 aliphatic heterocycles. The minimum atomic E-state index is -0.536. The second-order valence-electron chi connectivity index (χ2n) is 11.8. The smallest absolute Gasteiger partial charge is 0.271 e. The van der Waals surface area contributed by atoms with Crippen molar-refractivity contribution in [1.82, 2.24) is 0 Å². The van der Waals surface area contributed by atoms with Gasteiger partial charge >= 0.3 is 0 Å². The predicted molar refractivity (Wildman–Crippen MR) is 172 cm³/mol. The molecule has 0 bridgehead atoms. The van der Waals surface area contributed by atoms with Crippen LogP contribution < -0.4 is 9.64 Å². The fourth-order valence-corrected chi connectivity index (χ4v) is 7.56. The van der Waals surface area contributed by atoms with Gasteiger partial charge in [-0.25, -0.2) is 4.90 Å². The monoisotopic (exact) mass is 700 g/mol. The number of rotatable bonds is 10. The topological polar surface area (TPSA) is 119 Å². The van der Waals surface area contributed by atoms with Crippen molar-refractivity contribution in [1.29, 1.82) is 0 Å². The van der Waals surface area contributed by atoms with Crippen LogP contribution in [0.5, 0.6) is 11.5 Å². The normalized spacial score (nSPS) is 23.7. The van der Waals surface area contributed by atoms with E-state index in [1.54, 1.807) is 13.2 Å². The van der Waals surface area contributed by atoms with Gasteiger partial charge in [-0.05, 0) is 83.5 Å². The molecule has 9 nitrogen and oxygen atoms in total. The zero-order valence-corrected chi connectivity index (χ0v) is 27.0. The van der Waals surface area contributed by atoms with E-state index in [4.69, 9.17) is 9.47 Å². The average molecular weight is 701 g/mol. The highest BCUT2D eigenvalue weighted by molar-refractivity contribution is 14.1. The number of carbonyl (C=O) groups is 2. The van der Waals surface area contributed by atoms with Crippen LogP contribution in [-0.4, -0.2) is 41.7 Å². The molecule has 2 amide bonds. The molecule has 0 spiro atoms. The van der Waals surface area contributed by atoms with E-state index in [0.29, 0.717) is 18.8 Å². The van der Waals surface area contributed by atoms with Gasteiger partial charge in [0.2, 0.25) is 11.8 Å². The largest absolute Gasteiger partial charge is 0.504 e. The average Bonchev–Trinajstić information content (AvgIpc) is 3.51. The number of allylic oxidation sites excluding steroid dienone is 2. The van der Waals surface area contributed by atoms with E-state index < -0.39 is 16.8 Å². The summed E-state index contributed by atoms with van der Waals surface area (Å²) < 4.78 is 12.5. The van der Waals surface area contributed by atoms with Crippen LogP contribution in [0.3, 0.4) is 0 Å². The van der Waals surface area contributed by atoms with Crippen molar-refractivity contribution in [2.75, 3.05) is 18.6 Å². The molecule has 228 valence electrons. The Hall–Kier alpha value is -3.25. The number of nitro groups is 1. The molecule has 0 aromatic heterocycles. The number of carbonyl (C=O) groups excluding carboxylic acids is 2. The van der Waals surface area contributed by atoms with E-state index >= 15 is 0 Å². The number of halogens is 1. The summed E-state index contributed by atoms with van der Waals surface area (Å²) in [4.78, 5) is 39.5. The van der Waals surface area contributed by atoms with Gasteiger partial charge in [0, 0.05) is 18.1 Å². The third kappa shape index (κ3) is 5.95. The number of phenolic OH excluding ortho intramolecular Hbond substituents is 1. The van der Waals surface area contributed by atoms with Crippen LogP contribution in [0.25, 0.3) is 6.08 Å². The van der Waals surface area contributed by atoms with Gasteiger partial charge in [-0.2, -0.15) is 0 Å². The number of imide groups is 1. The number of anilines is 1. The number of ether oxygens (including phenoxy) is 2. The third-order valence-electron chi connectivity index (χ3n) is 8.88. The van der Waals surface area contributed by atoms with Gasteiger partial charge in [-0.15, -0.1) is 0 Å². The van der Waals surface area contributed by atoms with Crippen molar-refractivity contribution < 1.29 is 29.1 Å². The quantitative estimate of drug-likeness (QED) is 0.0928. The van der Waals surface area contributed by atoms with Gasteiger partial charge in [0.05, 0.1) is 45.8 Å². The van der Waals surface area contributed by atoms with E-state index in [0.717, 1.165) is 45.3 Å². The Kier molecular flexibility index (Phi) is 9.26. The number of hydrogen-bond acceptors (Lipinski definition) is 7. The summed E-state index contributed by atoms with van der Waals surface area (Å²) in [6, 6.07) is 9.51. The molecule has 10 heteroatoms. The zero-order chi connectivity index (χ0) is 31.0. The van der Waals surface area contributed by atoms with E-state index in [9.17, 15) is 24.8 Å². The number of nitro benzene ring substituents is 1. The van der Waals surface area contributed by atoms with Crippen LogP contribution >= 0.6 is 22.6 Å². The molecule has 5 rings (SSSR count). The maximum atomic E-state index is 13.8. The lowest BCUT2D eigenvalue weighted by Gasteiger charge is -2.33. The van der Waals surface area contributed by atoms with Gasteiger partial charge in [0.25, 0.3) is 5.69 Å². The Bertz CT molecular complexity index is 1510. The molecule has 2 aromatic rings. The van der Waals surface area contributed by atoms with E-state index in [1.807, 2.05) is 12.1 Å². The number of phenols is 1. The Morgan fingerprint density at radius 1 is 1.21 bits per heavy atom. The van der Waals surface area contributed by atoms with Crippen LogP contribution in [-0.2, 0) is 14.3 Å². The van der Waals surface area contributed by atoms with Gasteiger partial charge in [0.1, 0.15) is 0 Å². The van der Waals surface area contributed by atoms with E-state index in [-0.39, 0.29) is 46.9 Å². The van der Waals surface area contributed by atoms with Gasteiger partial charge in [-0.3, -0.25) is 19.7 Å². The number of non-ortho nitro benzene ring substituents is 1. The SMILES string of the molecule is CCC/C(=C\c1cc(I)c(O)c(OC)c1)CC[C@H]1OC[C@H]2C1=C(C(C)C)C[C@H]1C(=O)N(c3cccc([N+](=O)[O-])c3)C(=O)[C@H]12. The summed E-state index contributed by atoms with van der Waals surface area (Å²) in [6.45, 7) is 6.76. The van der Waals surface area contributed by atoms with Crippen molar-refractivity contribution in [3.63, 3.8) is 0 Å². The number of fused-ring (bicyclic) bond motifs is 3. The number of aromatic hydroxyl groups is 1. The molecular formula is C33H37IN2O7. The first-order chi connectivity index (χ1) is 20.5. The van der Waals surface area contributed by atoms with E-state index in [1.165, 1.54) is 29.3 Å². The van der Waals surface area contributed by atoms with Crippen molar-refractivity contribution in [2.24, 2.45) is 23.7 Å². The summed E-state index contributed by atoms with van der Waals surface area (Å²) in [6.07, 6.45) is 5.97. The lowest BCUT2D eigenvalue weighted by atomic mass is 9.67. The number of amides is 2. The lowest BCUT2D eigenvalue weighted by Crippen LogP contribution is -2.35. The summed E-state index contributed by atoms with van der Waals surface area (Å²) in [7, 11) is 1.54. The first kappa shape index (κ1) is 31.2. The van der Waals surface area contributed by atoms with Gasteiger partial charge in [0.15, 0.2) is 11.5 Å². The molecule has 0 radical (unpaired) electrons. The molecule has 0 unspecified atom stereocenters. The van der Waals surface area contributed by atoms with Crippen molar-refractivity contribution in [2.45, 2.75) is 59.0 Å². The number of hydrogen-bond donors (Lipinski definition) is 1. The maximum Gasteiger partial charge on any atom is 0.271 e. The van der Waals surface area contributed by atoms with Crippen molar-refractivity contribution >= 4 is 51.9 Å². The van der Waals surface area contributed by atoms with Crippen LogP contribution in [0.4, 0.5) is 11.4 Å². The second-order valence-corrected chi connectivity index (χ2v) is 13.0. The summed E-state index contributed by atoms with van der Waals surface area (Å²) in [5.41, 5.74) is 4.67. The first-order valence-corrected chi connectivity index (χ1v) is 15.9. The first-order valence-electron chi connectivity index (χ1n) is 14.8. The van der Waals surface area contributed by atoms with Crippen LogP contribution in [0, 0.1) is 37.4 Å². The Labute approximate surface area is 265 Å². The third-order valence-corrected chi connectivity index (χ3v) is 9.70. The van der Waals surface area contributed by atoms with Crippen LogP contribution in [0.1, 0.15) is 58.4 Å². The zero-order valence-electron chi connectivity index (χ0n) is 24.8. The Morgan fingerprint density at radius 2 is 1.98 bits per heavy atom. The summed E-state index contributed by atoms with van der Waals surface area (Å²) >= 11 is 2.10. The Morgan fingerprint density at radius 3 is 2.65 bits per heavy atom. The maximum absolute atomic E-state index is 13.8. The summed E-state index contributed by atoms with van der Waals surface area (Å²) in [5, 5.41) is 21.6. The molecule has 43 heavy (non-hydrogen) atoms. The highest BCUT2D eigenvalue weighted by Gasteiger charge is 2.57. The highest BCUT2D eigenvalue weighted by Crippen LogP contribution is 2.52. The molecule has 2 saturated heterocycles. The second kappa shape index (κ2) is 12.8. The van der Waals surface area contributed by atoms with E-state index in [2.05, 4.69) is 49.4 Å². The fourth-order valence-electron chi connectivity index (χ4n) is 6.93. The van der Waals surface area contributed by atoms with Gasteiger partial charge in [-0.1, -0.05) is 50.5 Å². The van der Waals surface area contributed by atoms with Crippen LogP contribution in [0.15, 0.2) is 53.1 Å². The number of methoxy groups -OCH3 is 1. The lowest BCUT2D eigenvalue weighted by molar-refractivity contribution is -0.384. The number of benzene rings is 2. The molecule has 2 aromatic carbocycles. The molecule has 2 heterocycles. The molecule has 1 N–H and O–H groups in total. The fraction of sp³-hybridized carbons (Fsp3) is 0.455. The number of nitrogens with zero attached hydrogens (tertiary/aromatic N) is 2. The van der Waals surface area contributed by atoms with Gasteiger partial charge < -0.3 is 14.6 Å². The standard InChI is InChI=1S/C33H37IN2O7/c1-5-7-19(12-20-13-26(34)31(37)28(14-20)42-4)10-11-27-29-23(18(2)3)16-24-30(25(29)17-43-27)33(39)35(32(24)38)21-8-6-9-22(15-21)36(40)41/h6,8-9,12-15,18,24-25,27,30,37H,5,7,10-11,16-17H2,1-4H3/b19-12+/t24-,25+,27-,30-/m1/s1. The highest BCUT2D eigenvalue weighted by atomic mass is 127.